The molecule has 3 N–H and O–H groups in total. The zero-order chi connectivity index (χ0) is 16.3. The van der Waals surface area contributed by atoms with Crippen LogP contribution in [-0.4, -0.2) is 29.2 Å². The second-order valence-electron chi connectivity index (χ2n) is 4.70. The minimum Gasteiger partial charge on any atom is -0.369 e. The molecule has 0 saturated carbocycles. The number of carbonyl (C=O) groups excluding carboxylic acids is 1. The number of carbonyl (C=O) groups is 1. The molecule has 2 rings (SSSR count). The molecule has 2 aromatic rings. The van der Waals surface area contributed by atoms with E-state index < -0.39 is 27.7 Å². The van der Waals surface area contributed by atoms with Gasteiger partial charge in [0.05, 0.1) is 11.7 Å². The Labute approximate surface area is 126 Å². The van der Waals surface area contributed by atoms with Crippen LogP contribution in [0.2, 0.25) is 0 Å². The van der Waals surface area contributed by atoms with E-state index in [9.17, 15) is 18.0 Å². The molecule has 1 unspecified atom stereocenters. The van der Waals surface area contributed by atoms with Gasteiger partial charge in [0, 0.05) is 18.0 Å². The highest BCUT2D eigenvalue weighted by molar-refractivity contribution is 7.85. The van der Waals surface area contributed by atoms with Crippen LogP contribution in [0.4, 0.5) is 0 Å². The fraction of sp³-hybridized carbons (Fsp3) is 0.143. The van der Waals surface area contributed by atoms with Gasteiger partial charge in [0.1, 0.15) is 0 Å². The smallest absolute Gasteiger partial charge is 0.265 e. The van der Waals surface area contributed by atoms with E-state index in [-0.39, 0.29) is 5.56 Å². The average molecular weight is 322 g/mol. The van der Waals surface area contributed by atoms with Gasteiger partial charge in [0.15, 0.2) is 0 Å². The van der Waals surface area contributed by atoms with E-state index in [1.807, 2.05) is 0 Å². The Bertz CT molecular complexity index is 840. The Balaban J connectivity index is 2.37. The van der Waals surface area contributed by atoms with Gasteiger partial charge in [-0.2, -0.15) is 8.42 Å². The van der Waals surface area contributed by atoms with Crippen LogP contribution in [0.25, 0.3) is 5.69 Å². The maximum atomic E-state index is 11.7. The molecule has 116 valence electrons. The largest absolute Gasteiger partial charge is 0.369 e. The molecule has 0 aliphatic rings. The molecule has 0 fully saturated rings. The van der Waals surface area contributed by atoms with Crippen molar-refractivity contribution in [1.82, 2.24) is 4.57 Å². The molecule has 22 heavy (non-hydrogen) atoms. The number of nitrogens with two attached hydrogens (primary N) is 1. The third-order valence-electron chi connectivity index (χ3n) is 3.12. The Morgan fingerprint density at radius 3 is 2.32 bits per heavy atom. The Kier molecular flexibility index (Phi) is 4.43. The number of rotatable bonds is 5. The minimum atomic E-state index is -4.34. The van der Waals surface area contributed by atoms with E-state index in [1.165, 1.54) is 22.8 Å². The van der Waals surface area contributed by atoms with Crippen molar-refractivity contribution < 1.29 is 17.8 Å². The van der Waals surface area contributed by atoms with Gasteiger partial charge in [0.2, 0.25) is 5.91 Å². The lowest BCUT2D eigenvalue weighted by molar-refractivity contribution is -0.119. The van der Waals surface area contributed by atoms with E-state index >= 15 is 0 Å². The third kappa shape index (κ3) is 3.80. The summed E-state index contributed by atoms with van der Waals surface area (Å²) in [5.41, 5.74) is 5.86. The van der Waals surface area contributed by atoms with E-state index in [0.29, 0.717) is 11.3 Å². The monoisotopic (exact) mass is 322 g/mol. The minimum absolute atomic E-state index is 0.223. The van der Waals surface area contributed by atoms with Gasteiger partial charge < -0.3 is 5.73 Å². The molecule has 8 heteroatoms. The SMILES string of the molecule is NC(=O)C(CS(=O)(=O)O)c1ccc(-n2ccccc2=O)cc1. The summed E-state index contributed by atoms with van der Waals surface area (Å²) in [4.78, 5) is 23.1. The summed E-state index contributed by atoms with van der Waals surface area (Å²) < 4.78 is 32.2. The van der Waals surface area contributed by atoms with Gasteiger partial charge >= 0.3 is 0 Å². The summed E-state index contributed by atoms with van der Waals surface area (Å²) in [6, 6.07) is 10.8. The average Bonchev–Trinajstić information content (AvgIpc) is 2.44. The van der Waals surface area contributed by atoms with Crippen molar-refractivity contribution in [2.24, 2.45) is 5.73 Å². The summed E-state index contributed by atoms with van der Waals surface area (Å²) in [6.45, 7) is 0. The Morgan fingerprint density at radius 1 is 1.18 bits per heavy atom. The molecular formula is C14H14N2O5S. The van der Waals surface area contributed by atoms with Crippen LogP contribution in [0.3, 0.4) is 0 Å². The first-order valence-electron chi connectivity index (χ1n) is 6.30. The predicted octanol–water partition coefficient (Wildman–Crippen LogP) is 0.294. The Hall–Kier alpha value is -2.45. The molecule has 0 bridgehead atoms. The van der Waals surface area contributed by atoms with Gasteiger partial charge in [-0.1, -0.05) is 18.2 Å². The number of amides is 1. The highest BCUT2D eigenvalue weighted by atomic mass is 32.2. The predicted molar refractivity (Wildman–Crippen MR) is 80.4 cm³/mol. The number of nitrogens with zero attached hydrogens (tertiary/aromatic N) is 1. The molecule has 0 aliphatic carbocycles. The first-order valence-corrected chi connectivity index (χ1v) is 7.91. The number of primary amides is 1. The zero-order valence-electron chi connectivity index (χ0n) is 11.4. The van der Waals surface area contributed by atoms with E-state index in [1.54, 1.807) is 30.5 Å². The fourth-order valence-corrected chi connectivity index (χ4v) is 2.84. The van der Waals surface area contributed by atoms with Crippen LogP contribution < -0.4 is 11.3 Å². The summed E-state index contributed by atoms with van der Waals surface area (Å²) in [5, 5.41) is 0. The number of pyridine rings is 1. The molecule has 0 spiro atoms. The topological polar surface area (TPSA) is 119 Å². The second kappa shape index (κ2) is 6.12. The van der Waals surface area contributed by atoms with Gasteiger partial charge in [0.25, 0.3) is 15.7 Å². The summed E-state index contributed by atoms with van der Waals surface area (Å²) >= 11 is 0. The second-order valence-corrected chi connectivity index (χ2v) is 6.20. The van der Waals surface area contributed by atoms with Crippen molar-refractivity contribution in [3.63, 3.8) is 0 Å². The molecule has 0 radical (unpaired) electrons. The fourth-order valence-electron chi connectivity index (χ4n) is 2.06. The first kappa shape index (κ1) is 15.9. The van der Waals surface area contributed by atoms with Gasteiger partial charge in [-0.05, 0) is 23.8 Å². The zero-order valence-corrected chi connectivity index (χ0v) is 12.2. The van der Waals surface area contributed by atoms with Crippen LogP contribution in [0, 0.1) is 0 Å². The van der Waals surface area contributed by atoms with Gasteiger partial charge in [-0.3, -0.25) is 18.7 Å². The quantitative estimate of drug-likeness (QED) is 0.767. The maximum absolute atomic E-state index is 11.7. The van der Waals surface area contributed by atoms with Crippen LogP contribution in [0.15, 0.2) is 53.5 Å². The molecule has 1 aromatic carbocycles. The molecule has 0 saturated heterocycles. The molecule has 0 aliphatic heterocycles. The number of hydrogen-bond donors (Lipinski definition) is 2. The lowest BCUT2D eigenvalue weighted by Crippen LogP contribution is -2.27. The summed E-state index contributed by atoms with van der Waals surface area (Å²) in [7, 11) is -4.34. The van der Waals surface area contributed by atoms with E-state index in [4.69, 9.17) is 10.3 Å². The van der Waals surface area contributed by atoms with Crippen molar-refractivity contribution in [3.8, 4) is 5.69 Å². The maximum Gasteiger partial charge on any atom is 0.265 e. The number of aromatic nitrogens is 1. The molecule has 1 amide bonds. The molecule has 7 nitrogen and oxygen atoms in total. The number of benzene rings is 1. The lowest BCUT2D eigenvalue weighted by Gasteiger charge is -2.13. The van der Waals surface area contributed by atoms with Crippen molar-refractivity contribution >= 4 is 16.0 Å². The standard InChI is InChI=1S/C14H14N2O5S/c15-14(18)12(9-22(19,20)21)10-4-6-11(7-5-10)16-8-2-1-3-13(16)17/h1-8,12H,9H2,(H2,15,18)(H,19,20,21). The Morgan fingerprint density at radius 2 is 1.82 bits per heavy atom. The first-order chi connectivity index (χ1) is 10.3. The van der Waals surface area contributed by atoms with Crippen molar-refractivity contribution in [3.05, 3.63) is 64.6 Å². The van der Waals surface area contributed by atoms with E-state index in [2.05, 4.69) is 0 Å². The van der Waals surface area contributed by atoms with Gasteiger partial charge in [-0.15, -0.1) is 0 Å². The van der Waals surface area contributed by atoms with Crippen molar-refractivity contribution in [1.29, 1.82) is 0 Å². The van der Waals surface area contributed by atoms with Crippen LogP contribution in [0.1, 0.15) is 11.5 Å². The highest BCUT2D eigenvalue weighted by Gasteiger charge is 2.24. The molecule has 1 heterocycles. The van der Waals surface area contributed by atoms with Gasteiger partial charge in [-0.25, -0.2) is 0 Å². The van der Waals surface area contributed by atoms with E-state index in [0.717, 1.165) is 0 Å². The molecule has 1 atom stereocenters. The normalized spacial score (nSPS) is 12.8. The third-order valence-corrected chi connectivity index (χ3v) is 3.87. The highest BCUT2D eigenvalue weighted by Crippen LogP contribution is 2.19. The molecule has 1 aromatic heterocycles. The van der Waals surface area contributed by atoms with Crippen LogP contribution in [-0.2, 0) is 14.9 Å². The summed E-state index contributed by atoms with van der Waals surface area (Å²) in [6.07, 6.45) is 1.58. The number of hydrogen-bond acceptors (Lipinski definition) is 4. The van der Waals surface area contributed by atoms with Crippen molar-refractivity contribution in [2.75, 3.05) is 5.75 Å². The van der Waals surface area contributed by atoms with Crippen molar-refractivity contribution in [2.45, 2.75) is 5.92 Å². The summed E-state index contributed by atoms with van der Waals surface area (Å²) in [5.74, 6) is -2.80. The molecular weight excluding hydrogens is 308 g/mol. The lowest BCUT2D eigenvalue weighted by atomic mass is 10.0. The van der Waals surface area contributed by atoms with Crippen LogP contribution in [0.5, 0.6) is 0 Å². The van der Waals surface area contributed by atoms with Crippen LogP contribution >= 0.6 is 0 Å².